The Bertz CT molecular complexity index is 1390. The van der Waals surface area contributed by atoms with Crippen LogP contribution in [0.4, 0.5) is 11.4 Å². The highest BCUT2D eigenvalue weighted by molar-refractivity contribution is 6.33. The first-order valence-corrected chi connectivity index (χ1v) is 13.4. The Balaban J connectivity index is 1.16. The molecule has 1 aliphatic heterocycles. The summed E-state index contributed by atoms with van der Waals surface area (Å²) in [6.45, 7) is 4.85. The molecule has 0 aliphatic carbocycles. The molecule has 1 saturated heterocycles. The number of ether oxygens (including phenoxy) is 1. The van der Waals surface area contributed by atoms with Crippen LogP contribution in [0.2, 0.25) is 10.0 Å². The number of carbonyl (C=O) groups excluding carboxylic acids is 1. The molecule has 1 amide bonds. The van der Waals surface area contributed by atoms with Crippen molar-refractivity contribution in [3.63, 3.8) is 0 Å². The molecule has 1 fully saturated rings. The number of amides is 1. The van der Waals surface area contributed by atoms with Crippen LogP contribution in [0.5, 0.6) is 5.75 Å². The van der Waals surface area contributed by atoms with Gasteiger partial charge in [0.1, 0.15) is 12.4 Å². The monoisotopic (exact) mass is 545 g/mol. The molecule has 0 aromatic heterocycles. The highest BCUT2D eigenvalue weighted by Crippen LogP contribution is 2.30. The van der Waals surface area contributed by atoms with Crippen molar-refractivity contribution >= 4 is 40.5 Å². The molecular formula is C31H29Cl2N3O2. The second-order valence-corrected chi connectivity index (χ2v) is 10.1. The van der Waals surface area contributed by atoms with Gasteiger partial charge in [-0.1, -0.05) is 77.8 Å². The minimum absolute atomic E-state index is 0.216. The van der Waals surface area contributed by atoms with E-state index in [9.17, 15) is 4.79 Å². The van der Waals surface area contributed by atoms with Gasteiger partial charge >= 0.3 is 0 Å². The highest BCUT2D eigenvalue weighted by atomic mass is 35.5. The summed E-state index contributed by atoms with van der Waals surface area (Å²) in [6.07, 6.45) is 0. The lowest BCUT2D eigenvalue weighted by Gasteiger charge is -2.36. The van der Waals surface area contributed by atoms with E-state index in [0.717, 1.165) is 54.6 Å². The second-order valence-electron chi connectivity index (χ2n) is 9.28. The molecule has 7 heteroatoms. The molecule has 1 N–H and O–H groups in total. The summed E-state index contributed by atoms with van der Waals surface area (Å²) < 4.78 is 5.87. The van der Waals surface area contributed by atoms with Gasteiger partial charge in [0.2, 0.25) is 0 Å². The summed E-state index contributed by atoms with van der Waals surface area (Å²) in [7, 11) is 0. The molecule has 1 heterocycles. The number of nitrogens with one attached hydrogen (secondary N) is 1. The number of hydrogen-bond acceptors (Lipinski definition) is 4. The zero-order valence-corrected chi connectivity index (χ0v) is 22.5. The first-order valence-electron chi connectivity index (χ1n) is 12.6. The van der Waals surface area contributed by atoms with E-state index in [4.69, 9.17) is 27.9 Å². The third-order valence-corrected chi connectivity index (χ3v) is 7.29. The molecule has 0 spiro atoms. The van der Waals surface area contributed by atoms with Crippen molar-refractivity contribution in [1.82, 2.24) is 4.90 Å². The second kappa shape index (κ2) is 12.4. The summed E-state index contributed by atoms with van der Waals surface area (Å²) in [5.74, 6) is 0.427. The minimum atomic E-state index is -0.216. The first-order chi connectivity index (χ1) is 18.5. The standard InChI is InChI=1S/C31H29Cl2N3O2/c32-28-12-5-4-9-25(28)21-35-15-17-36(18-16-35)30-14-13-26(20-29(30)33)34-31(37)24-10-6-11-27(19-24)38-22-23-7-2-1-3-8-23/h1-14,19-20H,15-18,21-22H2,(H,34,37). The Hall–Kier alpha value is -3.51. The number of rotatable bonds is 8. The molecule has 0 saturated carbocycles. The van der Waals surface area contributed by atoms with E-state index in [0.29, 0.717) is 28.6 Å². The summed E-state index contributed by atoms with van der Waals surface area (Å²) >= 11 is 13.0. The zero-order valence-electron chi connectivity index (χ0n) is 20.9. The summed E-state index contributed by atoms with van der Waals surface area (Å²) in [6, 6.07) is 30.8. The molecule has 4 aromatic rings. The molecular weight excluding hydrogens is 517 g/mol. The van der Waals surface area contributed by atoms with Crippen molar-refractivity contribution in [2.24, 2.45) is 0 Å². The van der Waals surface area contributed by atoms with Gasteiger partial charge in [0, 0.05) is 49.0 Å². The predicted octanol–water partition coefficient (Wildman–Crippen LogP) is 7.15. The largest absolute Gasteiger partial charge is 0.489 e. The van der Waals surface area contributed by atoms with Crippen LogP contribution in [0.3, 0.4) is 0 Å². The fraction of sp³-hybridized carbons (Fsp3) is 0.194. The van der Waals surface area contributed by atoms with Gasteiger partial charge in [-0.15, -0.1) is 0 Å². The first kappa shape index (κ1) is 26.1. The van der Waals surface area contributed by atoms with Gasteiger partial charge in [-0.05, 0) is 53.6 Å². The predicted molar refractivity (Wildman–Crippen MR) is 156 cm³/mol. The molecule has 0 radical (unpaired) electrons. The van der Waals surface area contributed by atoms with Crippen molar-refractivity contribution in [2.45, 2.75) is 13.2 Å². The number of carbonyl (C=O) groups is 1. The molecule has 4 aromatic carbocycles. The van der Waals surface area contributed by atoms with Crippen molar-refractivity contribution in [1.29, 1.82) is 0 Å². The number of halogens is 2. The molecule has 0 atom stereocenters. The Morgan fingerprint density at radius 2 is 1.55 bits per heavy atom. The number of anilines is 2. The van der Waals surface area contributed by atoms with Crippen LogP contribution < -0.4 is 15.0 Å². The topological polar surface area (TPSA) is 44.8 Å². The Morgan fingerprint density at radius 1 is 0.789 bits per heavy atom. The van der Waals surface area contributed by atoms with Crippen LogP contribution in [-0.2, 0) is 13.2 Å². The maximum Gasteiger partial charge on any atom is 0.255 e. The number of benzene rings is 4. The third-order valence-electron chi connectivity index (χ3n) is 6.61. The molecule has 1 aliphatic rings. The van der Waals surface area contributed by atoms with Crippen LogP contribution in [0.25, 0.3) is 0 Å². The van der Waals surface area contributed by atoms with Gasteiger partial charge in [-0.3, -0.25) is 9.69 Å². The maximum absolute atomic E-state index is 12.9. The summed E-state index contributed by atoms with van der Waals surface area (Å²) in [5, 5.41) is 4.37. The Morgan fingerprint density at radius 3 is 2.32 bits per heavy atom. The van der Waals surface area contributed by atoms with Gasteiger partial charge in [0.05, 0.1) is 10.7 Å². The average Bonchev–Trinajstić information content (AvgIpc) is 2.94. The van der Waals surface area contributed by atoms with E-state index in [1.54, 1.807) is 18.2 Å². The van der Waals surface area contributed by atoms with Crippen molar-refractivity contribution < 1.29 is 9.53 Å². The van der Waals surface area contributed by atoms with Crippen LogP contribution in [0.1, 0.15) is 21.5 Å². The quantitative estimate of drug-likeness (QED) is 0.255. The number of hydrogen-bond donors (Lipinski definition) is 1. The van der Waals surface area contributed by atoms with Crippen molar-refractivity contribution in [3.8, 4) is 5.75 Å². The highest BCUT2D eigenvalue weighted by Gasteiger charge is 2.20. The lowest BCUT2D eigenvalue weighted by molar-refractivity contribution is 0.102. The van der Waals surface area contributed by atoms with Crippen molar-refractivity contribution in [3.05, 3.63) is 124 Å². The van der Waals surface area contributed by atoms with Crippen LogP contribution in [0.15, 0.2) is 97.1 Å². The normalized spacial score (nSPS) is 13.8. The van der Waals surface area contributed by atoms with Crippen LogP contribution in [-0.4, -0.2) is 37.0 Å². The van der Waals surface area contributed by atoms with E-state index in [1.807, 2.05) is 72.8 Å². The van der Waals surface area contributed by atoms with Gasteiger partial charge in [0.15, 0.2) is 0 Å². The van der Waals surface area contributed by atoms with Crippen LogP contribution in [0, 0.1) is 0 Å². The minimum Gasteiger partial charge on any atom is -0.489 e. The zero-order chi connectivity index (χ0) is 26.3. The Labute approximate surface area is 233 Å². The molecule has 5 nitrogen and oxygen atoms in total. The average molecular weight is 546 g/mol. The smallest absolute Gasteiger partial charge is 0.255 e. The van der Waals surface area contributed by atoms with E-state index >= 15 is 0 Å². The Kier molecular flexibility index (Phi) is 8.49. The van der Waals surface area contributed by atoms with Crippen LogP contribution >= 0.6 is 23.2 Å². The number of piperazine rings is 1. The van der Waals surface area contributed by atoms with Gasteiger partial charge in [0.25, 0.3) is 5.91 Å². The van der Waals surface area contributed by atoms with E-state index in [1.165, 1.54) is 0 Å². The SMILES string of the molecule is O=C(Nc1ccc(N2CCN(Cc3ccccc3Cl)CC2)c(Cl)c1)c1cccc(OCc2ccccc2)c1. The van der Waals surface area contributed by atoms with Crippen molar-refractivity contribution in [2.75, 3.05) is 36.4 Å². The molecule has 5 rings (SSSR count). The summed E-state index contributed by atoms with van der Waals surface area (Å²) in [4.78, 5) is 17.6. The summed E-state index contributed by atoms with van der Waals surface area (Å²) in [5.41, 5.74) is 4.36. The van der Waals surface area contributed by atoms with Gasteiger partial charge in [-0.25, -0.2) is 0 Å². The fourth-order valence-electron chi connectivity index (χ4n) is 4.53. The lowest BCUT2D eigenvalue weighted by Crippen LogP contribution is -2.46. The third kappa shape index (κ3) is 6.67. The maximum atomic E-state index is 12.9. The number of nitrogens with zero attached hydrogens (tertiary/aromatic N) is 2. The molecule has 194 valence electrons. The molecule has 0 unspecified atom stereocenters. The fourth-order valence-corrected chi connectivity index (χ4v) is 5.02. The van der Waals surface area contributed by atoms with E-state index in [2.05, 4.69) is 21.2 Å². The molecule has 38 heavy (non-hydrogen) atoms. The lowest BCUT2D eigenvalue weighted by atomic mass is 10.1. The van der Waals surface area contributed by atoms with Gasteiger partial charge in [-0.2, -0.15) is 0 Å². The molecule has 0 bridgehead atoms. The van der Waals surface area contributed by atoms with E-state index in [-0.39, 0.29) is 5.91 Å². The van der Waals surface area contributed by atoms with E-state index < -0.39 is 0 Å². The van der Waals surface area contributed by atoms with Gasteiger partial charge < -0.3 is 15.0 Å².